The topological polar surface area (TPSA) is 100 Å². The molecule has 0 N–H and O–H groups in total. The minimum Gasteiger partial charge on any atom is -0.467 e. The number of esters is 1. The second-order valence-electron chi connectivity index (χ2n) is 10.7. The Labute approximate surface area is 248 Å². The summed E-state index contributed by atoms with van der Waals surface area (Å²) in [6, 6.07) is 19.8. The lowest BCUT2D eigenvalue weighted by Gasteiger charge is -2.48. The summed E-state index contributed by atoms with van der Waals surface area (Å²) in [5.41, 5.74) is 2.07. The van der Waals surface area contributed by atoms with Gasteiger partial charge in [-0.3, -0.25) is 0 Å². The van der Waals surface area contributed by atoms with Crippen molar-refractivity contribution >= 4 is 5.97 Å². The first-order valence-electron chi connectivity index (χ1n) is 14.3. The van der Waals surface area contributed by atoms with Crippen LogP contribution in [-0.4, -0.2) is 90.2 Å². The fourth-order valence-corrected chi connectivity index (χ4v) is 5.72. The van der Waals surface area contributed by atoms with Crippen LogP contribution < -0.4 is 0 Å². The maximum Gasteiger partial charge on any atom is 0.335 e. The van der Waals surface area contributed by atoms with Crippen LogP contribution in [0.25, 0.3) is 0 Å². The Kier molecular flexibility index (Phi) is 12.3. The van der Waals surface area contributed by atoms with E-state index in [9.17, 15) is 4.79 Å². The lowest BCUT2D eigenvalue weighted by atomic mass is 9.88. The summed E-state index contributed by atoms with van der Waals surface area (Å²) < 4.78 is 54.1. The molecule has 0 radical (unpaired) electrons. The quantitative estimate of drug-likeness (QED) is 0.322. The molecule has 4 unspecified atom stereocenters. The van der Waals surface area contributed by atoms with Crippen LogP contribution in [0.5, 0.6) is 0 Å². The number of rotatable bonds is 13. The van der Waals surface area contributed by atoms with E-state index in [1.165, 1.54) is 7.11 Å². The molecule has 0 saturated carbocycles. The van der Waals surface area contributed by atoms with Crippen molar-refractivity contribution < 1.29 is 47.4 Å². The summed E-state index contributed by atoms with van der Waals surface area (Å²) in [4.78, 5) is 12.6. The van der Waals surface area contributed by atoms with Gasteiger partial charge in [0.25, 0.3) is 0 Å². The van der Waals surface area contributed by atoms with Gasteiger partial charge in [-0.25, -0.2) is 4.79 Å². The molecule has 0 aromatic heterocycles. The molecule has 10 atom stereocenters. The van der Waals surface area contributed by atoms with Gasteiger partial charge >= 0.3 is 5.97 Å². The molecule has 2 fully saturated rings. The van der Waals surface area contributed by atoms with E-state index in [1.807, 2.05) is 74.5 Å². The molecule has 0 aliphatic carbocycles. The zero-order valence-electron chi connectivity index (χ0n) is 25.3. The average molecular weight is 589 g/mol. The molecule has 2 heterocycles. The zero-order chi connectivity index (χ0) is 30.1. The predicted octanol–water partition coefficient (Wildman–Crippen LogP) is 3.75. The molecule has 2 aromatic rings. The average Bonchev–Trinajstić information content (AvgIpc) is 3.02. The number of methoxy groups -OCH3 is 4. The zero-order valence-corrected chi connectivity index (χ0v) is 25.3. The van der Waals surface area contributed by atoms with Crippen molar-refractivity contribution in [3.8, 4) is 0 Å². The Balaban J connectivity index is 1.57. The molecule has 10 nitrogen and oxygen atoms in total. The molecular formula is C32H44O10. The fourth-order valence-electron chi connectivity index (χ4n) is 5.72. The van der Waals surface area contributed by atoms with Crippen molar-refractivity contribution in [2.45, 2.75) is 76.3 Å². The minimum absolute atomic E-state index is 0.226. The Bertz CT molecular complexity index is 1070. The van der Waals surface area contributed by atoms with Crippen molar-refractivity contribution in [2.75, 3.05) is 35.0 Å². The summed E-state index contributed by atoms with van der Waals surface area (Å²) in [7, 11) is 6.06. The third-order valence-corrected chi connectivity index (χ3v) is 8.03. The lowest BCUT2D eigenvalue weighted by molar-refractivity contribution is -0.350. The molecule has 0 amide bonds. The largest absolute Gasteiger partial charge is 0.467 e. The van der Waals surface area contributed by atoms with E-state index in [0.717, 1.165) is 11.1 Å². The van der Waals surface area contributed by atoms with Gasteiger partial charge in [0.2, 0.25) is 0 Å². The van der Waals surface area contributed by atoms with Gasteiger partial charge in [0.05, 0.1) is 39.1 Å². The van der Waals surface area contributed by atoms with Crippen molar-refractivity contribution in [3.05, 3.63) is 71.8 Å². The molecule has 2 aromatic carbocycles. The highest BCUT2D eigenvalue weighted by atomic mass is 16.7. The first kappa shape index (κ1) is 32.5. The van der Waals surface area contributed by atoms with Crippen LogP contribution in [0.2, 0.25) is 0 Å². The number of benzene rings is 2. The van der Waals surface area contributed by atoms with Gasteiger partial charge in [-0.15, -0.1) is 0 Å². The minimum atomic E-state index is -0.957. The van der Waals surface area contributed by atoms with Crippen LogP contribution in [0.3, 0.4) is 0 Å². The van der Waals surface area contributed by atoms with Gasteiger partial charge in [-0.05, 0) is 11.1 Å². The molecule has 2 saturated heterocycles. The molecule has 42 heavy (non-hydrogen) atoms. The van der Waals surface area contributed by atoms with E-state index in [-0.39, 0.29) is 18.4 Å². The normalized spacial score (nSPS) is 33.3. The Morgan fingerprint density at radius 3 is 1.88 bits per heavy atom. The van der Waals surface area contributed by atoms with Crippen molar-refractivity contribution in [3.63, 3.8) is 0 Å². The van der Waals surface area contributed by atoms with E-state index < -0.39 is 55.2 Å². The monoisotopic (exact) mass is 588 g/mol. The molecular weight excluding hydrogens is 544 g/mol. The van der Waals surface area contributed by atoms with Crippen molar-refractivity contribution in [2.24, 2.45) is 11.8 Å². The summed E-state index contributed by atoms with van der Waals surface area (Å²) in [5, 5.41) is 0. The lowest BCUT2D eigenvalue weighted by Crippen LogP contribution is -2.62. The SMILES string of the molecule is COC(=O)C1O[C@@H](O[C@H]2C(C)C(OCc3ccccc3)[C@@H](OC)O[C@@H]2COCc2ccccc2)C(OC)[C@H](OC)[C@H]1C. The van der Waals surface area contributed by atoms with E-state index in [4.69, 9.17) is 42.6 Å². The standard InChI is InChI=1S/C32H44O10/c1-20-25(41-32-29(35-4)26(34-3)21(2)27(42-32)30(33)36-5)24(19-38-17-22-13-9-7-10-14-22)40-31(37-6)28(20)39-18-23-15-11-8-12-16-23/h7-16,20-21,24-29,31-32H,17-19H2,1-6H3/t20?,21-,24-,25+,26-,27?,28?,29?,31+,32-/m1/s1. The molecule has 10 heteroatoms. The summed E-state index contributed by atoms with van der Waals surface area (Å²) in [6.07, 6.45) is -5.20. The predicted molar refractivity (Wildman–Crippen MR) is 152 cm³/mol. The second-order valence-corrected chi connectivity index (χ2v) is 10.7. The van der Waals surface area contributed by atoms with Crippen LogP contribution in [0.4, 0.5) is 0 Å². The molecule has 0 spiro atoms. The second kappa shape index (κ2) is 15.9. The molecule has 232 valence electrons. The van der Waals surface area contributed by atoms with Crippen LogP contribution in [0.15, 0.2) is 60.7 Å². The van der Waals surface area contributed by atoms with Gasteiger partial charge in [0, 0.05) is 33.2 Å². The van der Waals surface area contributed by atoms with Crippen LogP contribution in [0.1, 0.15) is 25.0 Å². The van der Waals surface area contributed by atoms with E-state index >= 15 is 0 Å². The van der Waals surface area contributed by atoms with Gasteiger partial charge in [-0.2, -0.15) is 0 Å². The number of carbonyl (C=O) groups is 1. The summed E-state index contributed by atoms with van der Waals surface area (Å²) >= 11 is 0. The maximum atomic E-state index is 12.6. The smallest absolute Gasteiger partial charge is 0.335 e. The number of carbonyl (C=O) groups excluding carboxylic acids is 1. The van der Waals surface area contributed by atoms with Crippen molar-refractivity contribution in [1.82, 2.24) is 0 Å². The molecule has 0 bridgehead atoms. The summed E-state index contributed by atoms with van der Waals surface area (Å²) in [5.74, 6) is -1.07. The Hall–Kier alpha value is -2.41. The highest BCUT2D eigenvalue weighted by molar-refractivity contribution is 5.75. The molecule has 4 rings (SSSR count). The van der Waals surface area contributed by atoms with Gasteiger partial charge in [-0.1, -0.05) is 74.5 Å². The molecule has 2 aliphatic heterocycles. The first-order chi connectivity index (χ1) is 20.4. The Morgan fingerprint density at radius 1 is 0.690 bits per heavy atom. The van der Waals surface area contributed by atoms with Gasteiger partial charge in [0.15, 0.2) is 18.7 Å². The van der Waals surface area contributed by atoms with E-state index in [0.29, 0.717) is 13.2 Å². The number of ether oxygens (including phenoxy) is 9. The highest BCUT2D eigenvalue weighted by Gasteiger charge is 2.52. The third-order valence-electron chi connectivity index (χ3n) is 8.03. The highest BCUT2D eigenvalue weighted by Crippen LogP contribution is 2.37. The number of hydrogen-bond donors (Lipinski definition) is 0. The van der Waals surface area contributed by atoms with Gasteiger partial charge in [0.1, 0.15) is 18.3 Å². The summed E-state index contributed by atoms with van der Waals surface area (Å²) in [6.45, 7) is 4.89. The van der Waals surface area contributed by atoms with E-state index in [1.54, 1.807) is 21.3 Å². The van der Waals surface area contributed by atoms with Crippen LogP contribution in [-0.2, 0) is 60.6 Å². The maximum absolute atomic E-state index is 12.6. The number of hydrogen-bond acceptors (Lipinski definition) is 10. The first-order valence-corrected chi connectivity index (χ1v) is 14.3. The van der Waals surface area contributed by atoms with Gasteiger partial charge < -0.3 is 42.6 Å². The molecule has 2 aliphatic rings. The van der Waals surface area contributed by atoms with Crippen molar-refractivity contribution in [1.29, 1.82) is 0 Å². The third kappa shape index (κ3) is 7.75. The Morgan fingerprint density at radius 2 is 1.31 bits per heavy atom. The van der Waals surface area contributed by atoms with Crippen LogP contribution in [0, 0.1) is 11.8 Å². The van der Waals surface area contributed by atoms with E-state index in [2.05, 4.69) is 0 Å². The van der Waals surface area contributed by atoms with Crippen LogP contribution >= 0.6 is 0 Å². The fraction of sp³-hybridized carbons (Fsp3) is 0.594.